The molecule has 0 spiro atoms. The second-order valence-corrected chi connectivity index (χ2v) is 6.83. The molecule has 0 radical (unpaired) electrons. The lowest BCUT2D eigenvalue weighted by Crippen LogP contribution is -2.36. The highest BCUT2D eigenvalue weighted by Crippen LogP contribution is 2.30. The molecule has 2 fully saturated rings. The van der Waals surface area contributed by atoms with Crippen molar-refractivity contribution >= 4 is 17.3 Å². The van der Waals surface area contributed by atoms with Crippen molar-refractivity contribution in [2.75, 3.05) is 24.6 Å². The van der Waals surface area contributed by atoms with E-state index < -0.39 is 0 Å². The minimum absolute atomic E-state index is 0.296. The van der Waals surface area contributed by atoms with Gasteiger partial charge in [-0.2, -0.15) is 0 Å². The molecule has 0 bridgehead atoms. The van der Waals surface area contributed by atoms with Crippen LogP contribution in [0.25, 0.3) is 0 Å². The van der Waals surface area contributed by atoms with Gasteiger partial charge in [-0.15, -0.1) is 0 Å². The Labute approximate surface area is 132 Å². The van der Waals surface area contributed by atoms with Crippen molar-refractivity contribution in [3.05, 3.63) is 28.8 Å². The number of anilines is 1. The van der Waals surface area contributed by atoms with Gasteiger partial charge in [0.05, 0.1) is 0 Å². The molecule has 2 aliphatic rings. The second-order valence-electron chi connectivity index (χ2n) is 6.39. The van der Waals surface area contributed by atoms with Crippen molar-refractivity contribution in [1.29, 1.82) is 0 Å². The summed E-state index contributed by atoms with van der Waals surface area (Å²) in [6.07, 6.45) is 5.96. The molecule has 1 atom stereocenters. The Morgan fingerprint density at radius 1 is 1.29 bits per heavy atom. The monoisotopic (exact) mass is 308 g/mol. The van der Waals surface area contributed by atoms with Crippen LogP contribution in [0.3, 0.4) is 0 Å². The van der Waals surface area contributed by atoms with Gasteiger partial charge in [0.15, 0.2) is 0 Å². The largest absolute Gasteiger partial charge is 0.396 e. The van der Waals surface area contributed by atoms with E-state index in [4.69, 9.17) is 11.6 Å². The molecule has 1 aromatic carbocycles. The maximum absolute atomic E-state index is 9.18. The summed E-state index contributed by atoms with van der Waals surface area (Å²) in [5, 5.41) is 13.6. The standard InChI is InChI=1S/C17H25ClN2O/c18-15-4-3-14(11-19-16-5-6-16)17(10-15)20-8-1-2-13(12-20)7-9-21/h3-4,10,13,16,19,21H,1-2,5-9,11-12H2. The van der Waals surface area contributed by atoms with Crippen LogP contribution in [0.15, 0.2) is 18.2 Å². The fraction of sp³-hybridized carbons (Fsp3) is 0.647. The summed E-state index contributed by atoms with van der Waals surface area (Å²) in [5.74, 6) is 0.604. The lowest BCUT2D eigenvalue weighted by Gasteiger charge is -2.35. The Morgan fingerprint density at radius 2 is 2.14 bits per heavy atom. The number of piperidine rings is 1. The number of rotatable bonds is 6. The maximum Gasteiger partial charge on any atom is 0.0434 e. The molecule has 116 valence electrons. The third-order valence-electron chi connectivity index (χ3n) is 4.60. The van der Waals surface area contributed by atoms with E-state index in [9.17, 15) is 5.11 Å². The van der Waals surface area contributed by atoms with Crippen LogP contribution in [0.5, 0.6) is 0 Å². The van der Waals surface area contributed by atoms with Crippen LogP contribution in [0.1, 0.15) is 37.7 Å². The average molecular weight is 309 g/mol. The van der Waals surface area contributed by atoms with Gasteiger partial charge in [0, 0.05) is 43.0 Å². The van der Waals surface area contributed by atoms with Gasteiger partial charge in [0.1, 0.15) is 0 Å². The van der Waals surface area contributed by atoms with Gasteiger partial charge < -0.3 is 15.3 Å². The molecular formula is C17H25ClN2O. The Bertz CT molecular complexity index is 474. The normalized spacial score (nSPS) is 22.6. The van der Waals surface area contributed by atoms with Gasteiger partial charge in [-0.1, -0.05) is 17.7 Å². The van der Waals surface area contributed by atoms with Gasteiger partial charge in [-0.25, -0.2) is 0 Å². The molecule has 0 amide bonds. The molecule has 1 aliphatic carbocycles. The fourth-order valence-electron chi connectivity index (χ4n) is 3.22. The van der Waals surface area contributed by atoms with Crippen molar-refractivity contribution in [3.8, 4) is 0 Å². The van der Waals surface area contributed by atoms with Gasteiger partial charge in [-0.3, -0.25) is 0 Å². The van der Waals surface area contributed by atoms with E-state index in [1.165, 1.54) is 36.9 Å². The van der Waals surface area contributed by atoms with E-state index in [2.05, 4.69) is 22.3 Å². The van der Waals surface area contributed by atoms with E-state index in [0.29, 0.717) is 12.5 Å². The molecule has 1 unspecified atom stereocenters. The molecule has 0 aromatic heterocycles. The summed E-state index contributed by atoms with van der Waals surface area (Å²) in [5.41, 5.74) is 2.62. The number of benzene rings is 1. The van der Waals surface area contributed by atoms with Crippen LogP contribution in [0.4, 0.5) is 5.69 Å². The second kappa shape index (κ2) is 6.99. The highest BCUT2D eigenvalue weighted by atomic mass is 35.5. The summed E-state index contributed by atoms with van der Waals surface area (Å²) < 4.78 is 0. The summed E-state index contributed by atoms with van der Waals surface area (Å²) >= 11 is 6.22. The average Bonchev–Trinajstić information content (AvgIpc) is 3.31. The van der Waals surface area contributed by atoms with Gasteiger partial charge in [0.2, 0.25) is 0 Å². The van der Waals surface area contributed by atoms with Gasteiger partial charge >= 0.3 is 0 Å². The highest BCUT2D eigenvalue weighted by molar-refractivity contribution is 6.30. The zero-order valence-corrected chi connectivity index (χ0v) is 13.3. The number of aliphatic hydroxyl groups is 1. The third-order valence-corrected chi connectivity index (χ3v) is 4.84. The van der Waals surface area contributed by atoms with Crippen molar-refractivity contribution in [3.63, 3.8) is 0 Å². The molecule has 3 rings (SSSR count). The van der Waals surface area contributed by atoms with Crippen molar-refractivity contribution in [1.82, 2.24) is 5.32 Å². The van der Waals surface area contributed by atoms with Crippen LogP contribution in [-0.2, 0) is 6.54 Å². The van der Waals surface area contributed by atoms with Crippen LogP contribution < -0.4 is 10.2 Å². The first-order chi connectivity index (χ1) is 10.3. The molecule has 21 heavy (non-hydrogen) atoms. The minimum Gasteiger partial charge on any atom is -0.396 e. The summed E-state index contributed by atoms with van der Waals surface area (Å²) in [6, 6.07) is 6.97. The Balaban J connectivity index is 1.73. The van der Waals surface area contributed by atoms with E-state index in [1.807, 2.05) is 6.07 Å². The number of halogens is 1. The van der Waals surface area contributed by atoms with Crippen LogP contribution >= 0.6 is 11.6 Å². The Morgan fingerprint density at radius 3 is 2.90 bits per heavy atom. The SMILES string of the molecule is OCCC1CCCN(c2cc(Cl)ccc2CNC2CC2)C1. The number of hydrogen-bond donors (Lipinski definition) is 2. The van der Waals surface area contributed by atoms with E-state index >= 15 is 0 Å². The lowest BCUT2D eigenvalue weighted by atomic mass is 9.94. The van der Waals surface area contributed by atoms with E-state index in [-0.39, 0.29) is 0 Å². The van der Waals surface area contributed by atoms with Crippen LogP contribution in [0, 0.1) is 5.92 Å². The molecule has 1 aromatic rings. The summed E-state index contributed by atoms with van der Waals surface area (Å²) in [6.45, 7) is 3.36. The summed E-state index contributed by atoms with van der Waals surface area (Å²) in [7, 11) is 0. The molecule has 1 saturated heterocycles. The lowest BCUT2D eigenvalue weighted by molar-refractivity contribution is 0.244. The van der Waals surface area contributed by atoms with E-state index in [0.717, 1.165) is 37.1 Å². The number of nitrogens with zero attached hydrogens (tertiary/aromatic N) is 1. The zero-order chi connectivity index (χ0) is 14.7. The fourth-order valence-corrected chi connectivity index (χ4v) is 3.39. The molecule has 1 heterocycles. The topological polar surface area (TPSA) is 35.5 Å². The molecule has 1 aliphatic heterocycles. The Kier molecular flexibility index (Phi) is 5.04. The van der Waals surface area contributed by atoms with Crippen molar-refractivity contribution < 1.29 is 5.11 Å². The Hall–Kier alpha value is -0.770. The smallest absolute Gasteiger partial charge is 0.0434 e. The molecule has 1 saturated carbocycles. The molecule has 3 nitrogen and oxygen atoms in total. The first kappa shape index (κ1) is 15.1. The number of hydrogen-bond acceptors (Lipinski definition) is 3. The van der Waals surface area contributed by atoms with Gasteiger partial charge in [0.25, 0.3) is 0 Å². The number of nitrogens with one attached hydrogen (secondary N) is 1. The first-order valence-corrected chi connectivity index (χ1v) is 8.51. The minimum atomic E-state index is 0.296. The zero-order valence-electron chi connectivity index (χ0n) is 12.5. The van der Waals surface area contributed by atoms with E-state index in [1.54, 1.807) is 0 Å². The molecular weight excluding hydrogens is 284 g/mol. The molecule has 2 N–H and O–H groups in total. The maximum atomic E-state index is 9.18. The first-order valence-electron chi connectivity index (χ1n) is 8.14. The predicted molar refractivity (Wildman–Crippen MR) is 88.0 cm³/mol. The van der Waals surface area contributed by atoms with Gasteiger partial charge in [-0.05, 0) is 55.7 Å². The van der Waals surface area contributed by atoms with Crippen molar-refractivity contribution in [2.45, 2.75) is 44.7 Å². The predicted octanol–water partition coefficient (Wildman–Crippen LogP) is 3.19. The molecule has 4 heteroatoms. The van der Waals surface area contributed by atoms with Crippen LogP contribution in [-0.4, -0.2) is 30.8 Å². The highest BCUT2D eigenvalue weighted by Gasteiger charge is 2.23. The quantitative estimate of drug-likeness (QED) is 0.847. The van der Waals surface area contributed by atoms with Crippen molar-refractivity contribution in [2.24, 2.45) is 5.92 Å². The van der Waals surface area contributed by atoms with Crippen LogP contribution in [0.2, 0.25) is 5.02 Å². The third kappa shape index (κ3) is 4.12. The summed E-state index contributed by atoms with van der Waals surface area (Å²) in [4.78, 5) is 2.46. The number of aliphatic hydroxyl groups excluding tert-OH is 1.